The van der Waals surface area contributed by atoms with Crippen LogP contribution in [0.5, 0.6) is 0 Å². The van der Waals surface area contributed by atoms with Gasteiger partial charge in [0.25, 0.3) is 0 Å². The van der Waals surface area contributed by atoms with Crippen LogP contribution in [-0.4, -0.2) is 25.0 Å². The molecule has 6 nitrogen and oxygen atoms in total. The lowest BCUT2D eigenvalue weighted by Crippen LogP contribution is -1.99. The predicted octanol–water partition coefficient (Wildman–Crippen LogP) is 4.03. The molecule has 1 fully saturated rings. The third-order valence-electron chi connectivity index (χ3n) is 3.64. The number of nitrogens with zero attached hydrogens (tertiary/aromatic N) is 5. The summed E-state index contributed by atoms with van der Waals surface area (Å²) in [6.07, 6.45) is 2.42. The molecule has 0 atom stereocenters. The Kier molecular flexibility index (Phi) is 3.94. The van der Waals surface area contributed by atoms with Crippen molar-refractivity contribution in [1.82, 2.24) is 25.0 Å². The second-order valence-corrected chi connectivity index (χ2v) is 7.20. The summed E-state index contributed by atoms with van der Waals surface area (Å²) in [5, 5.41) is 17.6. The van der Waals surface area contributed by atoms with Crippen LogP contribution in [0.3, 0.4) is 0 Å². The fourth-order valence-corrected chi connectivity index (χ4v) is 3.73. The molecule has 3 aromatic rings. The first kappa shape index (κ1) is 14.9. The first-order valence-electron chi connectivity index (χ1n) is 7.34. The molecule has 1 aliphatic rings. The van der Waals surface area contributed by atoms with E-state index in [4.69, 9.17) is 4.42 Å². The fraction of sp³-hybridized carbons (Fsp3) is 0.333. The van der Waals surface area contributed by atoms with Crippen molar-refractivity contribution in [2.45, 2.75) is 36.7 Å². The van der Waals surface area contributed by atoms with Crippen molar-refractivity contribution in [1.29, 1.82) is 0 Å². The minimum Gasteiger partial charge on any atom is -0.420 e. The highest BCUT2D eigenvalue weighted by Gasteiger charge is 2.28. The van der Waals surface area contributed by atoms with Gasteiger partial charge in [0.15, 0.2) is 5.16 Å². The summed E-state index contributed by atoms with van der Waals surface area (Å²) in [4.78, 5) is 0. The van der Waals surface area contributed by atoms with Gasteiger partial charge in [-0.1, -0.05) is 23.9 Å². The van der Waals surface area contributed by atoms with E-state index in [2.05, 4.69) is 40.9 Å². The highest BCUT2D eigenvalue weighted by molar-refractivity contribution is 9.10. The van der Waals surface area contributed by atoms with Crippen LogP contribution in [-0.2, 0) is 5.75 Å². The monoisotopic (exact) mass is 391 g/mol. The molecule has 1 aliphatic carbocycles. The molecule has 0 unspecified atom stereocenters. The molecule has 4 rings (SSSR count). The topological polar surface area (TPSA) is 69.6 Å². The number of aromatic nitrogens is 5. The van der Waals surface area contributed by atoms with E-state index in [0.717, 1.165) is 21.0 Å². The maximum absolute atomic E-state index is 5.76. The lowest BCUT2D eigenvalue weighted by Gasteiger charge is -2.04. The van der Waals surface area contributed by atoms with Crippen molar-refractivity contribution >= 4 is 27.7 Å². The standard InChI is InChI=1S/C15H14BrN5OS/c1-9-17-20-15(21(9)10-6-7-10)23-8-13-18-19-14(22-13)11-4-2-3-5-12(11)16/h2-5,10H,6-8H2,1H3. The molecule has 1 saturated carbocycles. The van der Waals surface area contributed by atoms with Gasteiger partial charge in [0.1, 0.15) is 5.82 Å². The summed E-state index contributed by atoms with van der Waals surface area (Å²) < 4.78 is 8.91. The van der Waals surface area contributed by atoms with E-state index < -0.39 is 0 Å². The van der Waals surface area contributed by atoms with E-state index in [0.29, 0.717) is 23.6 Å². The molecule has 0 amide bonds. The first-order chi connectivity index (χ1) is 11.2. The Morgan fingerprint density at radius 2 is 2.04 bits per heavy atom. The smallest absolute Gasteiger partial charge is 0.248 e. The fourth-order valence-electron chi connectivity index (χ4n) is 2.38. The zero-order valence-corrected chi connectivity index (χ0v) is 14.8. The van der Waals surface area contributed by atoms with Gasteiger partial charge in [-0.25, -0.2) is 0 Å². The second-order valence-electron chi connectivity index (χ2n) is 5.40. The first-order valence-corrected chi connectivity index (χ1v) is 9.12. The summed E-state index contributed by atoms with van der Waals surface area (Å²) in [5.74, 6) is 2.66. The summed E-state index contributed by atoms with van der Waals surface area (Å²) in [6, 6.07) is 8.36. The molecule has 8 heteroatoms. The van der Waals surface area contributed by atoms with Gasteiger partial charge in [0.2, 0.25) is 11.8 Å². The van der Waals surface area contributed by atoms with E-state index in [-0.39, 0.29) is 0 Å². The average Bonchev–Trinajstić information content (AvgIpc) is 3.15. The lowest BCUT2D eigenvalue weighted by atomic mass is 10.2. The Hall–Kier alpha value is -1.67. The van der Waals surface area contributed by atoms with E-state index in [9.17, 15) is 0 Å². The Morgan fingerprint density at radius 1 is 1.22 bits per heavy atom. The summed E-state index contributed by atoms with van der Waals surface area (Å²) in [5.41, 5.74) is 0.897. The molecule has 23 heavy (non-hydrogen) atoms. The van der Waals surface area contributed by atoms with Gasteiger partial charge in [0.05, 0.1) is 11.3 Å². The van der Waals surface area contributed by atoms with Crippen LogP contribution in [0, 0.1) is 6.92 Å². The third kappa shape index (κ3) is 3.05. The Balaban J connectivity index is 1.50. The molecular weight excluding hydrogens is 378 g/mol. The number of hydrogen-bond donors (Lipinski definition) is 0. The molecule has 118 valence electrons. The van der Waals surface area contributed by atoms with Crippen LogP contribution in [0.1, 0.15) is 30.6 Å². The molecule has 1 aromatic carbocycles. The summed E-state index contributed by atoms with van der Waals surface area (Å²) >= 11 is 5.08. The molecule has 2 aromatic heterocycles. The molecule has 0 bridgehead atoms. The minimum absolute atomic E-state index is 0.521. The van der Waals surface area contributed by atoms with Gasteiger partial charge < -0.3 is 8.98 Å². The van der Waals surface area contributed by atoms with E-state index in [1.807, 2.05) is 31.2 Å². The lowest BCUT2D eigenvalue weighted by molar-refractivity contribution is 0.527. The number of halogens is 1. The second kappa shape index (κ2) is 6.09. The minimum atomic E-state index is 0.521. The van der Waals surface area contributed by atoms with Crippen molar-refractivity contribution in [3.8, 4) is 11.5 Å². The number of thioether (sulfide) groups is 1. The molecule has 0 N–H and O–H groups in total. The van der Waals surface area contributed by atoms with Crippen LogP contribution in [0.25, 0.3) is 11.5 Å². The van der Waals surface area contributed by atoms with Crippen molar-refractivity contribution < 1.29 is 4.42 Å². The van der Waals surface area contributed by atoms with Crippen molar-refractivity contribution in [2.75, 3.05) is 0 Å². The Labute approximate surface area is 145 Å². The number of benzene rings is 1. The molecule has 0 radical (unpaired) electrons. The largest absolute Gasteiger partial charge is 0.420 e. The van der Waals surface area contributed by atoms with Crippen molar-refractivity contribution in [3.63, 3.8) is 0 Å². The quantitative estimate of drug-likeness (QED) is 0.611. The third-order valence-corrected chi connectivity index (χ3v) is 5.26. The zero-order valence-electron chi connectivity index (χ0n) is 12.4. The predicted molar refractivity (Wildman–Crippen MR) is 90.0 cm³/mol. The van der Waals surface area contributed by atoms with E-state index >= 15 is 0 Å². The molecular formula is C15H14BrN5OS. The Morgan fingerprint density at radius 3 is 2.83 bits per heavy atom. The maximum atomic E-state index is 5.76. The number of rotatable bonds is 5. The van der Waals surface area contributed by atoms with Gasteiger partial charge >= 0.3 is 0 Å². The van der Waals surface area contributed by atoms with Gasteiger partial charge in [-0.05, 0) is 47.8 Å². The highest BCUT2D eigenvalue weighted by atomic mass is 79.9. The number of aryl methyl sites for hydroxylation is 1. The molecule has 0 aliphatic heterocycles. The van der Waals surface area contributed by atoms with Crippen LogP contribution < -0.4 is 0 Å². The van der Waals surface area contributed by atoms with Crippen molar-refractivity contribution in [3.05, 3.63) is 40.5 Å². The average molecular weight is 392 g/mol. The van der Waals surface area contributed by atoms with Gasteiger partial charge in [-0.3, -0.25) is 0 Å². The molecule has 0 spiro atoms. The van der Waals surface area contributed by atoms with Gasteiger partial charge in [-0.2, -0.15) is 0 Å². The highest BCUT2D eigenvalue weighted by Crippen LogP contribution is 2.39. The van der Waals surface area contributed by atoms with Crippen LogP contribution in [0.2, 0.25) is 0 Å². The number of hydrogen-bond acceptors (Lipinski definition) is 6. The van der Waals surface area contributed by atoms with Gasteiger partial charge in [0, 0.05) is 10.5 Å². The van der Waals surface area contributed by atoms with Crippen LogP contribution in [0.15, 0.2) is 38.3 Å². The zero-order chi connectivity index (χ0) is 15.8. The van der Waals surface area contributed by atoms with Gasteiger partial charge in [-0.15, -0.1) is 20.4 Å². The maximum Gasteiger partial charge on any atom is 0.248 e. The summed E-state index contributed by atoms with van der Waals surface area (Å²) in [7, 11) is 0. The van der Waals surface area contributed by atoms with E-state index in [1.165, 1.54) is 12.8 Å². The normalized spacial score (nSPS) is 14.3. The Bertz CT molecular complexity index is 842. The van der Waals surface area contributed by atoms with Crippen LogP contribution >= 0.6 is 27.7 Å². The van der Waals surface area contributed by atoms with Crippen molar-refractivity contribution in [2.24, 2.45) is 0 Å². The van der Waals surface area contributed by atoms with E-state index in [1.54, 1.807) is 11.8 Å². The summed E-state index contributed by atoms with van der Waals surface area (Å²) in [6.45, 7) is 1.99. The molecule has 2 heterocycles. The molecule has 0 saturated heterocycles. The SMILES string of the molecule is Cc1nnc(SCc2nnc(-c3ccccc3Br)o2)n1C1CC1. The van der Waals surface area contributed by atoms with Crippen LogP contribution in [0.4, 0.5) is 0 Å².